The molecule has 3 aromatic carbocycles. The van der Waals surface area contributed by atoms with Crippen LogP contribution in [0.2, 0.25) is 5.02 Å². The molecule has 0 atom stereocenters. The van der Waals surface area contributed by atoms with Crippen molar-refractivity contribution < 1.29 is 13.9 Å². The molecule has 4 aromatic rings. The van der Waals surface area contributed by atoms with Gasteiger partial charge in [0, 0.05) is 11.3 Å². The Morgan fingerprint density at radius 3 is 2.68 bits per heavy atom. The molecule has 0 bridgehead atoms. The molecule has 0 spiro atoms. The van der Waals surface area contributed by atoms with Gasteiger partial charge in [0.2, 0.25) is 5.89 Å². The van der Waals surface area contributed by atoms with E-state index in [1.807, 2.05) is 49.4 Å². The molecule has 140 valence electrons. The van der Waals surface area contributed by atoms with Gasteiger partial charge in [-0.3, -0.25) is 4.79 Å². The Labute approximate surface area is 166 Å². The van der Waals surface area contributed by atoms with E-state index in [1.165, 1.54) is 0 Å². The lowest BCUT2D eigenvalue weighted by atomic mass is 10.1. The first-order chi connectivity index (χ1) is 13.6. The lowest BCUT2D eigenvalue weighted by Crippen LogP contribution is -2.20. The summed E-state index contributed by atoms with van der Waals surface area (Å²) in [6.45, 7) is 1.77. The van der Waals surface area contributed by atoms with Gasteiger partial charge in [-0.2, -0.15) is 0 Å². The normalized spacial score (nSPS) is 10.8. The zero-order valence-corrected chi connectivity index (χ0v) is 15.9. The van der Waals surface area contributed by atoms with Crippen LogP contribution in [0.25, 0.3) is 22.6 Å². The molecule has 0 unspecified atom stereocenters. The Kier molecular flexibility index (Phi) is 5.00. The lowest BCUT2D eigenvalue weighted by Gasteiger charge is -2.12. The van der Waals surface area contributed by atoms with E-state index in [-0.39, 0.29) is 12.5 Å². The number of carbonyl (C=O) groups excluding carboxylic acids is 1. The van der Waals surface area contributed by atoms with Gasteiger partial charge in [0.05, 0.1) is 5.02 Å². The summed E-state index contributed by atoms with van der Waals surface area (Å²) in [6.07, 6.45) is 0. The largest absolute Gasteiger partial charge is 0.482 e. The summed E-state index contributed by atoms with van der Waals surface area (Å²) in [4.78, 5) is 16.9. The second kappa shape index (κ2) is 7.74. The first kappa shape index (κ1) is 18.1. The summed E-state index contributed by atoms with van der Waals surface area (Å²) in [7, 11) is 0. The monoisotopic (exact) mass is 392 g/mol. The predicted octanol–water partition coefficient (Wildman–Crippen LogP) is 5.47. The van der Waals surface area contributed by atoms with Crippen molar-refractivity contribution in [2.24, 2.45) is 0 Å². The molecule has 1 aromatic heterocycles. The Morgan fingerprint density at radius 2 is 1.86 bits per heavy atom. The van der Waals surface area contributed by atoms with Gasteiger partial charge in [0.1, 0.15) is 11.3 Å². The van der Waals surface area contributed by atoms with Crippen LogP contribution in [0, 0.1) is 6.92 Å². The number of fused-ring (bicyclic) bond motifs is 1. The van der Waals surface area contributed by atoms with Crippen LogP contribution >= 0.6 is 11.6 Å². The third-order valence-corrected chi connectivity index (χ3v) is 4.64. The number of amides is 1. The highest BCUT2D eigenvalue weighted by Crippen LogP contribution is 2.30. The van der Waals surface area contributed by atoms with Gasteiger partial charge < -0.3 is 14.5 Å². The van der Waals surface area contributed by atoms with Crippen molar-refractivity contribution in [1.82, 2.24) is 4.98 Å². The minimum absolute atomic E-state index is 0.143. The predicted molar refractivity (Wildman–Crippen MR) is 110 cm³/mol. The van der Waals surface area contributed by atoms with E-state index in [4.69, 9.17) is 20.8 Å². The van der Waals surface area contributed by atoms with Crippen LogP contribution < -0.4 is 10.1 Å². The number of carbonyl (C=O) groups is 1. The Morgan fingerprint density at radius 1 is 1.07 bits per heavy atom. The highest BCUT2D eigenvalue weighted by atomic mass is 35.5. The number of hydrogen-bond donors (Lipinski definition) is 1. The van der Waals surface area contributed by atoms with Crippen LogP contribution in [-0.2, 0) is 4.79 Å². The fraction of sp³-hybridized carbons (Fsp3) is 0.0909. The first-order valence-corrected chi connectivity index (χ1v) is 9.12. The van der Waals surface area contributed by atoms with Crippen molar-refractivity contribution >= 4 is 34.3 Å². The summed E-state index contributed by atoms with van der Waals surface area (Å²) in [5, 5.41) is 3.33. The summed E-state index contributed by atoms with van der Waals surface area (Å²) < 4.78 is 11.3. The van der Waals surface area contributed by atoms with E-state index in [0.717, 1.165) is 22.2 Å². The second-order valence-corrected chi connectivity index (χ2v) is 6.64. The van der Waals surface area contributed by atoms with Crippen molar-refractivity contribution in [2.45, 2.75) is 6.92 Å². The fourth-order valence-corrected chi connectivity index (χ4v) is 3.07. The van der Waals surface area contributed by atoms with E-state index in [0.29, 0.717) is 22.4 Å². The lowest BCUT2D eigenvalue weighted by molar-refractivity contribution is -0.118. The zero-order chi connectivity index (χ0) is 19.5. The zero-order valence-electron chi connectivity index (χ0n) is 15.1. The second-order valence-electron chi connectivity index (χ2n) is 6.23. The Bertz CT molecular complexity index is 1120. The van der Waals surface area contributed by atoms with Crippen molar-refractivity contribution in [1.29, 1.82) is 0 Å². The molecule has 0 radical (unpaired) electrons. The summed E-state index contributed by atoms with van der Waals surface area (Å²) in [6, 6.07) is 20.2. The van der Waals surface area contributed by atoms with Crippen LogP contribution in [0.15, 0.2) is 71.1 Å². The van der Waals surface area contributed by atoms with E-state index in [2.05, 4.69) is 10.3 Å². The average Bonchev–Trinajstić information content (AvgIpc) is 3.13. The molecule has 0 fully saturated rings. The minimum Gasteiger partial charge on any atom is -0.482 e. The number of oxazole rings is 1. The molecule has 0 saturated carbocycles. The van der Waals surface area contributed by atoms with Crippen LogP contribution in [0.4, 0.5) is 5.69 Å². The Balaban J connectivity index is 1.52. The van der Waals surface area contributed by atoms with E-state index >= 15 is 0 Å². The third kappa shape index (κ3) is 3.70. The number of nitrogens with one attached hydrogen (secondary N) is 1. The van der Waals surface area contributed by atoms with E-state index < -0.39 is 0 Å². The molecule has 0 aliphatic carbocycles. The maximum absolute atomic E-state index is 12.3. The average molecular weight is 393 g/mol. The number of anilines is 1. The van der Waals surface area contributed by atoms with Gasteiger partial charge >= 0.3 is 0 Å². The molecule has 0 aliphatic rings. The minimum atomic E-state index is -0.280. The van der Waals surface area contributed by atoms with Crippen LogP contribution in [-0.4, -0.2) is 17.5 Å². The molecule has 1 N–H and O–H groups in total. The summed E-state index contributed by atoms with van der Waals surface area (Å²) in [5.41, 5.74) is 3.87. The van der Waals surface area contributed by atoms with Gasteiger partial charge in [-0.25, -0.2) is 4.98 Å². The SMILES string of the molecule is Cc1c(NC(=O)COc2ccccc2Cl)cccc1-c1nc2ccccc2o1. The van der Waals surface area contributed by atoms with Gasteiger partial charge in [0.25, 0.3) is 5.91 Å². The highest BCUT2D eigenvalue weighted by Gasteiger charge is 2.14. The molecular weight excluding hydrogens is 376 g/mol. The number of hydrogen-bond acceptors (Lipinski definition) is 4. The van der Waals surface area contributed by atoms with Crippen molar-refractivity contribution in [3.63, 3.8) is 0 Å². The van der Waals surface area contributed by atoms with Crippen LogP contribution in [0.5, 0.6) is 5.75 Å². The summed E-state index contributed by atoms with van der Waals surface area (Å²) >= 11 is 6.04. The third-order valence-electron chi connectivity index (χ3n) is 4.33. The molecule has 0 aliphatic heterocycles. The van der Waals surface area contributed by atoms with Crippen molar-refractivity contribution in [3.05, 3.63) is 77.3 Å². The summed E-state index contributed by atoms with van der Waals surface area (Å²) in [5.74, 6) is 0.705. The maximum Gasteiger partial charge on any atom is 0.262 e. The smallest absolute Gasteiger partial charge is 0.262 e. The quantitative estimate of drug-likeness (QED) is 0.488. The molecule has 0 saturated heterocycles. The molecule has 4 rings (SSSR count). The number of aromatic nitrogens is 1. The van der Waals surface area contributed by atoms with E-state index in [9.17, 15) is 4.79 Å². The number of ether oxygens (including phenoxy) is 1. The topological polar surface area (TPSA) is 64.4 Å². The van der Waals surface area contributed by atoms with Crippen LogP contribution in [0.3, 0.4) is 0 Å². The van der Waals surface area contributed by atoms with Gasteiger partial charge in [-0.15, -0.1) is 0 Å². The molecule has 1 amide bonds. The number of halogens is 1. The molecule has 5 nitrogen and oxygen atoms in total. The maximum atomic E-state index is 12.3. The standard InChI is InChI=1S/C22H17ClN2O3/c1-14-15(22-25-18-9-3-5-12-20(18)28-22)7-6-10-17(14)24-21(26)13-27-19-11-4-2-8-16(19)23/h2-12H,13H2,1H3,(H,24,26). The number of nitrogens with zero attached hydrogens (tertiary/aromatic N) is 1. The number of benzene rings is 3. The van der Waals surface area contributed by atoms with Gasteiger partial charge in [-0.1, -0.05) is 41.9 Å². The Hall–Kier alpha value is -3.31. The first-order valence-electron chi connectivity index (χ1n) is 8.74. The highest BCUT2D eigenvalue weighted by molar-refractivity contribution is 6.32. The van der Waals surface area contributed by atoms with Crippen LogP contribution in [0.1, 0.15) is 5.56 Å². The van der Waals surface area contributed by atoms with Crippen molar-refractivity contribution in [3.8, 4) is 17.2 Å². The number of rotatable bonds is 5. The van der Waals surface area contributed by atoms with Crippen molar-refractivity contribution in [2.75, 3.05) is 11.9 Å². The van der Waals surface area contributed by atoms with E-state index in [1.54, 1.807) is 24.3 Å². The molecule has 6 heteroatoms. The molecular formula is C22H17ClN2O3. The fourth-order valence-electron chi connectivity index (χ4n) is 2.88. The number of para-hydroxylation sites is 3. The van der Waals surface area contributed by atoms with Gasteiger partial charge in [0.15, 0.2) is 12.2 Å². The molecule has 1 heterocycles. The molecule has 28 heavy (non-hydrogen) atoms. The van der Waals surface area contributed by atoms with Gasteiger partial charge in [-0.05, 0) is 48.9 Å².